The van der Waals surface area contributed by atoms with Gasteiger partial charge >= 0.3 is 5.97 Å². The van der Waals surface area contributed by atoms with Gasteiger partial charge in [-0.2, -0.15) is 0 Å². The van der Waals surface area contributed by atoms with Crippen LogP contribution in [0.25, 0.3) is 0 Å². The van der Waals surface area contributed by atoms with Crippen LogP contribution in [-0.4, -0.2) is 36.0 Å². The molecule has 0 aromatic rings. The number of rotatable bonds is 20. The molecule has 0 spiro atoms. The molecule has 0 aliphatic carbocycles. The molecule has 1 rings (SSSR count). The van der Waals surface area contributed by atoms with E-state index in [-0.39, 0.29) is 17.9 Å². The zero-order valence-corrected chi connectivity index (χ0v) is 20.8. The number of hydrogen-bond acceptors (Lipinski definition) is 3. The van der Waals surface area contributed by atoms with Crippen LogP contribution < -0.4 is 0 Å². The first-order chi connectivity index (χ1) is 15.2. The maximum absolute atomic E-state index is 12.4. The summed E-state index contributed by atoms with van der Waals surface area (Å²) >= 11 is 0. The standard InChI is InChI=1S/C27H51NO3/c1-3-5-7-8-9-10-11-12-13-14-15-16-17-18-19-24-31-27(30)25-21-20-23-28(25)26(29)22-6-4-2/h25H,3-24H2,1-2H3. The van der Waals surface area contributed by atoms with Gasteiger partial charge in [-0.05, 0) is 25.7 Å². The van der Waals surface area contributed by atoms with E-state index in [4.69, 9.17) is 4.74 Å². The Hall–Kier alpha value is -1.06. The Morgan fingerprint density at radius 1 is 0.710 bits per heavy atom. The van der Waals surface area contributed by atoms with Crippen molar-refractivity contribution in [3.63, 3.8) is 0 Å². The Kier molecular flexibility index (Phi) is 17.7. The summed E-state index contributed by atoms with van der Waals surface area (Å²) in [6.07, 6.45) is 24.1. The van der Waals surface area contributed by atoms with E-state index in [9.17, 15) is 9.59 Å². The number of amides is 1. The van der Waals surface area contributed by atoms with Crippen molar-refractivity contribution in [2.45, 2.75) is 148 Å². The molecule has 4 nitrogen and oxygen atoms in total. The topological polar surface area (TPSA) is 46.6 Å². The lowest BCUT2D eigenvalue weighted by Gasteiger charge is -2.23. The van der Waals surface area contributed by atoms with Crippen LogP contribution >= 0.6 is 0 Å². The van der Waals surface area contributed by atoms with Gasteiger partial charge in [-0.3, -0.25) is 4.79 Å². The van der Waals surface area contributed by atoms with E-state index >= 15 is 0 Å². The van der Waals surface area contributed by atoms with E-state index in [1.807, 2.05) is 0 Å². The molecule has 182 valence electrons. The molecule has 1 aliphatic heterocycles. The Balaban J connectivity index is 1.90. The second-order valence-corrected chi connectivity index (χ2v) is 9.47. The molecule has 1 heterocycles. The Labute approximate surface area is 192 Å². The van der Waals surface area contributed by atoms with Crippen molar-refractivity contribution in [2.75, 3.05) is 13.2 Å². The van der Waals surface area contributed by atoms with Crippen LogP contribution in [0.15, 0.2) is 0 Å². The normalized spacial score (nSPS) is 16.1. The van der Waals surface area contributed by atoms with Gasteiger partial charge < -0.3 is 9.64 Å². The lowest BCUT2D eigenvalue weighted by molar-refractivity contribution is -0.153. The molecule has 0 saturated carbocycles. The van der Waals surface area contributed by atoms with Gasteiger partial charge in [0.2, 0.25) is 5.91 Å². The highest BCUT2D eigenvalue weighted by Crippen LogP contribution is 2.20. The molecule has 1 fully saturated rings. The van der Waals surface area contributed by atoms with E-state index < -0.39 is 0 Å². The number of nitrogens with zero attached hydrogens (tertiary/aromatic N) is 1. The number of hydrogen-bond donors (Lipinski definition) is 0. The third-order valence-corrected chi connectivity index (χ3v) is 6.58. The maximum Gasteiger partial charge on any atom is 0.328 e. The second kappa shape index (κ2) is 19.6. The number of carbonyl (C=O) groups is 2. The van der Waals surface area contributed by atoms with Crippen molar-refractivity contribution in [1.82, 2.24) is 4.90 Å². The third kappa shape index (κ3) is 13.9. The first-order valence-corrected chi connectivity index (χ1v) is 13.7. The van der Waals surface area contributed by atoms with Crippen LogP contribution in [0.1, 0.15) is 142 Å². The lowest BCUT2D eigenvalue weighted by atomic mass is 10.0. The number of likely N-dealkylation sites (tertiary alicyclic amines) is 1. The van der Waals surface area contributed by atoms with Crippen molar-refractivity contribution in [2.24, 2.45) is 0 Å². The van der Waals surface area contributed by atoms with Crippen LogP contribution in [0.3, 0.4) is 0 Å². The molecule has 1 saturated heterocycles. The molecule has 31 heavy (non-hydrogen) atoms. The van der Waals surface area contributed by atoms with Gasteiger partial charge in [0.25, 0.3) is 0 Å². The highest BCUT2D eigenvalue weighted by molar-refractivity contribution is 5.85. The van der Waals surface area contributed by atoms with E-state index in [1.54, 1.807) is 4.90 Å². The fourth-order valence-electron chi connectivity index (χ4n) is 4.52. The molecular weight excluding hydrogens is 386 g/mol. The van der Waals surface area contributed by atoms with Crippen LogP contribution in [0, 0.1) is 0 Å². The maximum atomic E-state index is 12.4. The summed E-state index contributed by atoms with van der Waals surface area (Å²) in [5, 5.41) is 0. The molecule has 0 bridgehead atoms. The Bertz CT molecular complexity index is 452. The highest BCUT2D eigenvalue weighted by Gasteiger charge is 2.34. The van der Waals surface area contributed by atoms with Gasteiger partial charge in [0, 0.05) is 13.0 Å². The molecule has 1 unspecified atom stereocenters. The Morgan fingerprint density at radius 3 is 1.71 bits per heavy atom. The summed E-state index contributed by atoms with van der Waals surface area (Å²) in [7, 11) is 0. The molecule has 0 aromatic heterocycles. The number of unbranched alkanes of at least 4 members (excludes halogenated alkanes) is 15. The van der Waals surface area contributed by atoms with E-state index in [1.165, 1.54) is 83.5 Å². The van der Waals surface area contributed by atoms with Crippen molar-refractivity contribution in [3.8, 4) is 0 Å². The van der Waals surface area contributed by atoms with Crippen LogP contribution in [0.2, 0.25) is 0 Å². The Morgan fingerprint density at radius 2 is 1.19 bits per heavy atom. The lowest BCUT2D eigenvalue weighted by Crippen LogP contribution is -2.41. The van der Waals surface area contributed by atoms with Gasteiger partial charge in [0.1, 0.15) is 6.04 Å². The van der Waals surface area contributed by atoms with Gasteiger partial charge in [0.15, 0.2) is 0 Å². The number of ether oxygens (including phenoxy) is 1. The molecule has 1 atom stereocenters. The zero-order valence-electron chi connectivity index (χ0n) is 20.8. The van der Waals surface area contributed by atoms with E-state index in [0.717, 1.165) is 38.5 Å². The average Bonchev–Trinajstić information content (AvgIpc) is 3.27. The van der Waals surface area contributed by atoms with Crippen LogP contribution in [0.5, 0.6) is 0 Å². The van der Waals surface area contributed by atoms with Crippen LogP contribution in [0.4, 0.5) is 0 Å². The van der Waals surface area contributed by atoms with Gasteiger partial charge in [-0.25, -0.2) is 4.79 Å². The van der Waals surface area contributed by atoms with Gasteiger partial charge in [0.05, 0.1) is 6.61 Å². The monoisotopic (exact) mass is 437 g/mol. The molecule has 1 aliphatic rings. The summed E-state index contributed by atoms with van der Waals surface area (Å²) in [5.41, 5.74) is 0. The van der Waals surface area contributed by atoms with E-state index in [2.05, 4.69) is 13.8 Å². The summed E-state index contributed by atoms with van der Waals surface area (Å²) < 4.78 is 5.49. The van der Waals surface area contributed by atoms with E-state index in [0.29, 0.717) is 19.6 Å². The van der Waals surface area contributed by atoms with Crippen molar-refractivity contribution in [3.05, 3.63) is 0 Å². The molecular formula is C27H51NO3. The quantitative estimate of drug-likeness (QED) is 0.146. The first-order valence-electron chi connectivity index (χ1n) is 13.7. The molecule has 4 heteroatoms. The minimum absolute atomic E-state index is 0.119. The number of carbonyl (C=O) groups excluding carboxylic acids is 2. The zero-order chi connectivity index (χ0) is 22.6. The minimum atomic E-state index is -0.333. The largest absolute Gasteiger partial charge is 0.464 e. The predicted molar refractivity (Wildman–Crippen MR) is 130 cm³/mol. The van der Waals surface area contributed by atoms with Gasteiger partial charge in [-0.1, -0.05) is 110 Å². The highest BCUT2D eigenvalue weighted by atomic mass is 16.5. The SMILES string of the molecule is CCCCCCCCCCCCCCCCCOC(=O)C1CCCN1C(=O)CCCC. The summed E-state index contributed by atoms with van der Waals surface area (Å²) in [4.78, 5) is 26.4. The molecule has 0 aromatic carbocycles. The van der Waals surface area contributed by atoms with Crippen molar-refractivity contribution in [1.29, 1.82) is 0 Å². The average molecular weight is 438 g/mol. The fraction of sp³-hybridized carbons (Fsp3) is 0.926. The van der Waals surface area contributed by atoms with Gasteiger partial charge in [-0.15, -0.1) is 0 Å². The van der Waals surface area contributed by atoms with Crippen LogP contribution in [-0.2, 0) is 14.3 Å². The summed E-state index contributed by atoms with van der Waals surface area (Å²) in [6.45, 7) is 5.57. The predicted octanol–water partition coefficient (Wildman–Crippen LogP) is 7.58. The second-order valence-electron chi connectivity index (χ2n) is 9.47. The van der Waals surface area contributed by atoms with Crippen molar-refractivity contribution >= 4 is 11.9 Å². The molecule has 1 amide bonds. The summed E-state index contributed by atoms with van der Waals surface area (Å²) in [5.74, 6) is -0.0685. The number of esters is 1. The molecule has 0 N–H and O–H groups in total. The minimum Gasteiger partial charge on any atom is -0.464 e. The first kappa shape index (κ1) is 28.0. The smallest absolute Gasteiger partial charge is 0.328 e. The fourth-order valence-corrected chi connectivity index (χ4v) is 4.52. The summed E-state index contributed by atoms with van der Waals surface area (Å²) in [6, 6.07) is -0.333. The van der Waals surface area contributed by atoms with Crippen molar-refractivity contribution < 1.29 is 14.3 Å². The molecule has 0 radical (unpaired) electrons. The third-order valence-electron chi connectivity index (χ3n) is 6.58.